The summed E-state index contributed by atoms with van der Waals surface area (Å²) in [4.78, 5) is 0. The van der Waals surface area contributed by atoms with Gasteiger partial charge in [0.15, 0.2) is 0 Å². The van der Waals surface area contributed by atoms with Crippen molar-refractivity contribution in [2.75, 3.05) is 12.4 Å². The predicted octanol–water partition coefficient (Wildman–Crippen LogP) is 4.79. The SMILES string of the molecule is COc1ccc(NC(C#N)c2ccc(Cl)cc2Br)cc1. The molecule has 3 nitrogen and oxygen atoms in total. The molecule has 102 valence electrons. The van der Waals surface area contributed by atoms with E-state index in [0.717, 1.165) is 21.5 Å². The van der Waals surface area contributed by atoms with Gasteiger partial charge in [-0.1, -0.05) is 33.6 Å². The predicted molar refractivity (Wildman–Crippen MR) is 84.1 cm³/mol. The lowest BCUT2D eigenvalue weighted by molar-refractivity contribution is 0.415. The van der Waals surface area contributed by atoms with Crippen LogP contribution in [0.4, 0.5) is 5.69 Å². The maximum atomic E-state index is 9.34. The van der Waals surface area contributed by atoms with Gasteiger partial charge in [0.1, 0.15) is 11.8 Å². The second kappa shape index (κ2) is 6.65. The molecule has 0 heterocycles. The van der Waals surface area contributed by atoms with E-state index >= 15 is 0 Å². The van der Waals surface area contributed by atoms with Crippen LogP contribution >= 0.6 is 27.5 Å². The number of benzene rings is 2. The van der Waals surface area contributed by atoms with Gasteiger partial charge in [0.25, 0.3) is 0 Å². The van der Waals surface area contributed by atoms with E-state index in [1.807, 2.05) is 30.3 Å². The fourth-order valence-electron chi connectivity index (χ4n) is 1.77. The number of hydrogen-bond acceptors (Lipinski definition) is 3. The van der Waals surface area contributed by atoms with Crippen LogP contribution in [-0.2, 0) is 0 Å². The number of ether oxygens (including phenoxy) is 1. The first kappa shape index (κ1) is 14.7. The first-order valence-electron chi connectivity index (χ1n) is 5.89. The van der Waals surface area contributed by atoms with Crippen molar-refractivity contribution >= 4 is 33.2 Å². The van der Waals surface area contributed by atoms with E-state index in [1.165, 1.54) is 0 Å². The van der Waals surface area contributed by atoms with Crippen LogP contribution < -0.4 is 10.1 Å². The average molecular weight is 352 g/mol. The van der Waals surface area contributed by atoms with Crippen molar-refractivity contribution in [2.45, 2.75) is 6.04 Å². The summed E-state index contributed by atoms with van der Waals surface area (Å²) in [6, 6.07) is 14.6. The van der Waals surface area contributed by atoms with E-state index < -0.39 is 6.04 Å². The normalized spacial score (nSPS) is 11.5. The minimum absolute atomic E-state index is 0.463. The molecule has 1 atom stereocenters. The second-order valence-electron chi connectivity index (χ2n) is 4.10. The molecule has 0 spiro atoms. The number of nitriles is 1. The number of nitrogens with one attached hydrogen (secondary N) is 1. The Morgan fingerprint density at radius 3 is 2.50 bits per heavy atom. The molecule has 0 saturated carbocycles. The summed E-state index contributed by atoms with van der Waals surface area (Å²) in [7, 11) is 1.62. The number of methoxy groups -OCH3 is 1. The monoisotopic (exact) mass is 350 g/mol. The maximum absolute atomic E-state index is 9.34. The molecule has 0 aliphatic rings. The van der Waals surface area contributed by atoms with E-state index in [-0.39, 0.29) is 0 Å². The Morgan fingerprint density at radius 2 is 1.95 bits per heavy atom. The zero-order valence-corrected chi connectivity index (χ0v) is 13.1. The maximum Gasteiger partial charge on any atom is 0.141 e. The first-order valence-corrected chi connectivity index (χ1v) is 7.06. The van der Waals surface area contributed by atoms with E-state index in [2.05, 4.69) is 27.3 Å². The van der Waals surface area contributed by atoms with Gasteiger partial charge in [0, 0.05) is 20.7 Å². The van der Waals surface area contributed by atoms with E-state index in [9.17, 15) is 5.26 Å². The van der Waals surface area contributed by atoms with Crippen LogP contribution in [0.15, 0.2) is 46.9 Å². The lowest BCUT2D eigenvalue weighted by Gasteiger charge is -2.15. The smallest absolute Gasteiger partial charge is 0.141 e. The molecule has 0 aliphatic heterocycles. The summed E-state index contributed by atoms with van der Waals surface area (Å²) in [5.41, 5.74) is 1.69. The van der Waals surface area contributed by atoms with Crippen molar-refractivity contribution in [3.05, 3.63) is 57.5 Å². The van der Waals surface area contributed by atoms with Gasteiger partial charge in [0.2, 0.25) is 0 Å². The zero-order chi connectivity index (χ0) is 14.5. The van der Waals surface area contributed by atoms with Crippen LogP contribution in [0.1, 0.15) is 11.6 Å². The highest BCUT2D eigenvalue weighted by Gasteiger charge is 2.14. The summed E-state index contributed by atoms with van der Waals surface area (Å²) in [5.74, 6) is 0.775. The molecular formula is C15H12BrClN2O. The highest BCUT2D eigenvalue weighted by molar-refractivity contribution is 9.10. The second-order valence-corrected chi connectivity index (χ2v) is 5.39. The third-order valence-corrected chi connectivity index (χ3v) is 3.73. The molecule has 5 heteroatoms. The Bertz CT molecular complexity index is 637. The number of nitrogens with zero attached hydrogens (tertiary/aromatic N) is 1. The van der Waals surface area contributed by atoms with Crippen LogP contribution in [0.25, 0.3) is 0 Å². The number of rotatable bonds is 4. The molecule has 2 aromatic rings. The summed E-state index contributed by atoms with van der Waals surface area (Å²) >= 11 is 9.34. The fraction of sp³-hybridized carbons (Fsp3) is 0.133. The minimum atomic E-state index is -0.463. The van der Waals surface area contributed by atoms with Crippen molar-refractivity contribution in [2.24, 2.45) is 0 Å². The molecule has 0 aliphatic carbocycles. The Kier molecular flexibility index (Phi) is 4.89. The lowest BCUT2D eigenvalue weighted by atomic mass is 10.1. The molecule has 1 unspecified atom stereocenters. The van der Waals surface area contributed by atoms with Crippen LogP contribution in [0.3, 0.4) is 0 Å². The Labute approximate surface area is 131 Å². The van der Waals surface area contributed by atoms with Crippen LogP contribution in [-0.4, -0.2) is 7.11 Å². The molecule has 2 aromatic carbocycles. The average Bonchev–Trinajstić information content (AvgIpc) is 2.46. The van der Waals surface area contributed by atoms with Gasteiger partial charge in [0.05, 0.1) is 13.2 Å². The molecule has 2 rings (SSSR count). The third-order valence-electron chi connectivity index (χ3n) is 2.80. The van der Waals surface area contributed by atoms with E-state index in [1.54, 1.807) is 19.2 Å². The topological polar surface area (TPSA) is 45.0 Å². The van der Waals surface area contributed by atoms with Gasteiger partial charge >= 0.3 is 0 Å². The number of halogens is 2. The lowest BCUT2D eigenvalue weighted by Crippen LogP contribution is -2.09. The Hall–Kier alpha value is -1.70. The summed E-state index contributed by atoms with van der Waals surface area (Å²) < 4.78 is 5.91. The molecule has 0 saturated heterocycles. The van der Waals surface area contributed by atoms with Crippen molar-refractivity contribution in [3.63, 3.8) is 0 Å². The molecule has 0 aromatic heterocycles. The van der Waals surface area contributed by atoms with Crippen molar-refractivity contribution in [1.29, 1.82) is 5.26 Å². The highest BCUT2D eigenvalue weighted by atomic mass is 79.9. The molecule has 20 heavy (non-hydrogen) atoms. The van der Waals surface area contributed by atoms with Gasteiger partial charge in [-0.25, -0.2) is 0 Å². The van der Waals surface area contributed by atoms with E-state index in [0.29, 0.717) is 5.02 Å². The van der Waals surface area contributed by atoms with Gasteiger partial charge < -0.3 is 10.1 Å². The zero-order valence-electron chi connectivity index (χ0n) is 10.7. The highest BCUT2D eigenvalue weighted by Crippen LogP contribution is 2.29. The van der Waals surface area contributed by atoms with Crippen LogP contribution in [0.2, 0.25) is 5.02 Å². The van der Waals surface area contributed by atoms with Gasteiger partial charge in [-0.3, -0.25) is 0 Å². The first-order chi connectivity index (χ1) is 9.63. The molecule has 1 N–H and O–H groups in total. The fourth-order valence-corrected chi connectivity index (χ4v) is 2.68. The Morgan fingerprint density at radius 1 is 1.25 bits per heavy atom. The summed E-state index contributed by atoms with van der Waals surface area (Å²) in [5, 5.41) is 13.1. The van der Waals surface area contributed by atoms with Gasteiger partial charge in [-0.15, -0.1) is 0 Å². The minimum Gasteiger partial charge on any atom is -0.497 e. The largest absolute Gasteiger partial charge is 0.497 e. The van der Waals surface area contributed by atoms with Gasteiger partial charge in [-0.05, 0) is 36.4 Å². The summed E-state index contributed by atoms with van der Waals surface area (Å²) in [6.07, 6.45) is 0. The molecule has 0 amide bonds. The third kappa shape index (κ3) is 3.44. The van der Waals surface area contributed by atoms with Crippen molar-refractivity contribution in [1.82, 2.24) is 0 Å². The van der Waals surface area contributed by atoms with Crippen LogP contribution in [0, 0.1) is 11.3 Å². The van der Waals surface area contributed by atoms with Crippen molar-refractivity contribution in [3.8, 4) is 11.8 Å². The molecule has 0 radical (unpaired) electrons. The summed E-state index contributed by atoms with van der Waals surface area (Å²) in [6.45, 7) is 0. The van der Waals surface area contributed by atoms with Crippen LogP contribution in [0.5, 0.6) is 5.75 Å². The molecule has 0 fully saturated rings. The number of anilines is 1. The standard InChI is InChI=1S/C15H12BrClN2O/c1-20-12-5-3-11(4-6-12)19-15(9-18)13-7-2-10(17)8-14(13)16/h2-8,15,19H,1H3. The Balaban J connectivity index is 2.22. The van der Waals surface area contributed by atoms with E-state index in [4.69, 9.17) is 16.3 Å². The van der Waals surface area contributed by atoms with Crippen molar-refractivity contribution < 1.29 is 4.74 Å². The van der Waals surface area contributed by atoms with Gasteiger partial charge in [-0.2, -0.15) is 5.26 Å². The molecule has 0 bridgehead atoms. The quantitative estimate of drug-likeness (QED) is 0.861. The molecular weight excluding hydrogens is 340 g/mol. The number of hydrogen-bond donors (Lipinski definition) is 1.